The maximum absolute atomic E-state index is 12.7. The highest BCUT2D eigenvalue weighted by Gasteiger charge is 2.11. The first kappa shape index (κ1) is 14.7. The lowest BCUT2D eigenvalue weighted by Crippen LogP contribution is -2.21. The van der Waals surface area contributed by atoms with Crippen LogP contribution >= 0.6 is 0 Å². The van der Waals surface area contributed by atoms with Crippen molar-refractivity contribution in [2.75, 3.05) is 7.05 Å². The molecule has 0 N–H and O–H groups in total. The quantitative estimate of drug-likeness (QED) is 0.764. The van der Waals surface area contributed by atoms with Gasteiger partial charge >= 0.3 is 0 Å². The fourth-order valence-corrected chi connectivity index (χ4v) is 2.34. The molecule has 2 aromatic rings. The van der Waals surface area contributed by atoms with E-state index in [2.05, 4.69) is 56.1 Å². The number of rotatable bonds is 5. The number of aryl methyl sites for hydroxylation is 1. The van der Waals surface area contributed by atoms with Crippen LogP contribution in [0.15, 0.2) is 48.5 Å². The normalized spacial score (nSPS) is 12.7. The monoisotopic (exact) mass is 271 g/mol. The molecule has 20 heavy (non-hydrogen) atoms. The molecule has 1 atom stereocenters. The van der Waals surface area contributed by atoms with Crippen molar-refractivity contribution in [1.29, 1.82) is 0 Å². The highest BCUT2D eigenvalue weighted by Crippen LogP contribution is 2.21. The van der Waals surface area contributed by atoms with Gasteiger partial charge in [-0.2, -0.15) is 0 Å². The van der Waals surface area contributed by atoms with E-state index in [0.717, 1.165) is 17.7 Å². The van der Waals surface area contributed by atoms with Crippen molar-refractivity contribution in [3.8, 4) is 0 Å². The molecule has 0 saturated carbocycles. The van der Waals surface area contributed by atoms with Crippen LogP contribution in [0.25, 0.3) is 0 Å². The minimum atomic E-state index is -0.398. The van der Waals surface area contributed by atoms with Crippen molar-refractivity contribution < 1.29 is 4.39 Å². The van der Waals surface area contributed by atoms with Crippen LogP contribution in [-0.4, -0.2) is 11.9 Å². The number of benzene rings is 2. The molecule has 106 valence electrons. The maximum atomic E-state index is 12.7. The van der Waals surface area contributed by atoms with E-state index in [9.17, 15) is 4.39 Å². The molecule has 2 aromatic carbocycles. The van der Waals surface area contributed by atoms with E-state index in [1.807, 2.05) is 18.2 Å². The molecule has 0 spiro atoms. The van der Waals surface area contributed by atoms with Crippen molar-refractivity contribution in [2.45, 2.75) is 33.1 Å². The fourth-order valence-electron chi connectivity index (χ4n) is 2.34. The summed E-state index contributed by atoms with van der Waals surface area (Å²) in [6, 6.07) is 16.7. The first-order chi connectivity index (χ1) is 9.60. The minimum Gasteiger partial charge on any atom is -0.295 e. The van der Waals surface area contributed by atoms with Gasteiger partial charge in [0.15, 0.2) is 0 Å². The van der Waals surface area contributed by atoms with Crippen LogP contribution in [0.1, 0.15) is 35.2 Å². The summed E-state index contributed by atoms with van der Waals surface area (Å²) in [4.78, 5) is 2.28. The smallest absolute Gasteiger partial charge is 0.115 e. The third-order valence-electron chi connectivity index (χ3n) is 3.80. The van der Waals surface area contributed by atoms with Crippen molar-refractivity contribution in [2.24, 2.45) is 0 Å². The summed E-state index contributed by atoms with van der Waals surface area (Å²) in [5.41, 5.74) is 4.49. The van der Waals surface area contributed by atoms with E-state index >= 15 is 0 Å². The van der Waals surface area contributed by atoms with Crippen LogP contribution in [-0.2, 0) is 13.2 Å². The van der Waals surface area contributed by atoms with Gasteiger partial charge in [0.25, 0.3) is 0 Å². The Hall–Kier alpha value is -1.67. The molecule has 0 heterocycles. The van der Waals surface area contributed by atoms with Crippen LogP contribution in [0.3, 0.4) is 0 Å². The molecule has 0 aromatic heterocycles. The number of nitrogens with zero attached hydrogens (tertiary/aromatic N) is 1. The number of alkyl halides is 1. The average molecular weight is 271 g/mol. The Bertz CT molecular complexity index is 548. The number of hydrogen-bond acceptors (Lipinski definition) is 1. The van der Waals surface area contributed by atoms with Gasteiger partial charge in [0.05, 0.1) is 0 Å². The Morgan fingerprint density at radius 2 is 1.70 bits per heavy atom. The van der Waals surface area contributed by atoms with Gasteiger partial charge in [0.1, 0.15) is 6.67 Å². The molecule has 0 radical (unpaired) electrons. The predicted octanol–water partition coefficient (Wildman–Crippen LogP) is 4.66. The molecule has 0 aliphatic carbocycles. The van der Waals surface area contributed by atoms with Gasteiger partial charge in [-0.25, -0.2) is 4.39 Å². The van der Waals surface area contributed by atoms with Crippen molar-refractivity contribution in [1.82, 2.24) is 4.90 Å². The second-order valence-electron chi connectivity index (χ2n) is 5.46. The summed E-state index contributed by atoms with van der Waals surface area (Å²) in [5.74, 6) is 0. The SMILES string of the molecule is Cc1ccc(C(C)N(C)Cc2cccc(CF)c2)cc1. The molecule has 2 heteroatoms. The largest absolute Gasteiger partial charge is 0.295 e. The zero-order valence-corrected chi connectivity index (χ0v) is 12.4. The molecular formula is C18H22FN. The van der Waals surface area contributed by atoms with Gasteiger partial charge in [-0.15, -0.1) is 0 Å². The zero-order valence-electron chi connectivity index (χ0n) is 12.4. The van der Waals surface area contributed by atoms with Crippen LogP contribution in [0.4, 0.5) is 4.39 Å². The summed E-state index contributed by atoms with van der Waals surface area (Å²) in [6.07, 6.45) is 0. The molecule has 2 rings (SSSR count). The lowest BCUT2D eigenvalue weighted by Gasteiger charge is -2.25. The second-order valence-corrected chi connectivity index (χ2v) is 5.46. The fraction of sp³-hybridized carbons (Fsp3) is 0.333. The number of halogens is 1. The highest BCUT2D eigenvalue weighted by molar-refractivity contribution is 5.25. The van der Waals surface area contributed by atoms with E-state index < -0.39 is 6.67 Å². The van der Waals surface area contributed by atoms with Gasteiger partial charge in [-0.3, -0.25) is 4.90 Å². The summed E-state index contributed by atoms with van der Waals surface area (Å²) in [7, 11) is 2.10. The lowest BCUT2D eigenvalue weighted by atomic mass is 10.0. The Morgan fingerprint density at radius 1 is 1.05 bits per heavy atom. The van der Waals surface area contributed by atoms with Crippen molar-refractivity contribution in [3.05, 3.63) is 70.8 Å². The van der Waals surface area contributed by atoms with E-state index in [1.165, 1.54) is 11.1 Å². The molecule has 0 fully saturated rings. The molecule has 1 unspecified atom stereocenters. The third-order valence-corrected chi connectivity index (χ3v) is 3.80. The van der Waals surface area contributed by atoms with E-state index in [1.54, 1.807) is 0 Å². The maximum Gasteiger partial charge on any atom is 0.115 e. The molecule has 0 aliphatic rings. The van der Waals surface area contributed by atoms with Crippen LogP contribution in [0.5, 0.6) is 0 Å². The second kappa shape index (κ2) is 6.67. The molecular weight excluding hydrogens is 249 g/mol. The Balaban J connectivity index is 2.06. The van der Waals surface area contributed by atoms with E-state index in [4.69, 9.17) is 0 Å². The topological polar surface area (TPSA) is 3.24 Å². The molecule has 0 bridgehead atoms. The van der Waals surface area contributed by atoms with Crippen molar-refractivity contribution >= 4 is 0 Å². The van der Waals surface area contributed by atoms with Gasteiger partial charge < -0.3 is 0 Å². The van der Waals surface area contributed by atoms with Gasteiger partial charge in [0, 0.05) is 12.6 Å². The highest BCUT2D eigenvalue weighted by atomic mass is 19.1. The molecule has 0 amide bonds. The number of hydrogen-bond donors (Lipinski definition) is 0. The minimum absolute atomic E-state index is 0.338. The van der Waals surface area contributed by atoms with Crippen LogP contribution in [0, 0.1) is 6.92 Å². The first-order valence-electron chi connectivity index (χ1n) is 7.00. The van der Waals surface area contributed by atoms with Gasteiger partial charge in [-0.1, -0.05) is 54.1 Å². The van der Waals surface area contributed by atoms with Gasteiger partial charge in [-0.05, 0) is 37.6 Å². The Morgan fingerprint density at radius 3 is 2.35 bits per heavy atom. The summed E-state index contributed by atoms with van der Waals surface area (Å²) in [6.45, 7) is 4.72. The van der Waals surface area contributed by atoms with Crippen LogP contribution < -0.4 is 0 Å². The summed E-state index contributed by atoms with van der Waals surface area (Å²) in [5, 5.41) is 0. The predicted molar refractivity (Wildman–Crippen MR) is 82.3 cm³/mol. The average Bonchev–Trinajstić information content (AvgIpc) is 2.47. The Kier molecular flexibility index (Phi) is 4.91. The standard InChI is InChI=1S/C18H22FN/c1-14-7-9-18(10-8-14)15(2)20(3)13-17-6-4-5-16(11-17)12-19/h4-11,15H,12-13H2,1-3H3. The van der Waals surface area contributed by atoms with Gasteiger partial charge in [0.2, 0.25) is 0 Å². The Labute approximate surface area is 121 Å². The van der Waals surface area contributed by atoms with E-state index in [0.29, 0.717) is 6.04 Å². The summed E-state index contributed by atoms with van der Waals surface area (Å²) >= 11 is 0. The lowest BCUT2D eigenvalue weighted by molar-refractivity contribution is 0.253. The molecule has 0 aliphatic heterocycles. The van der Waals surface area contributed by atoms with Crippen LogP contribution in [0.2, 0.25) is 0 Å². The van der Waals surface area contributed by atoms with E-state index in [-0.39, 0.29) is 0 Å². The molecule has 1 nitrogen and oxygen atoms in total. The summed E-state index contributed by atoms with van der Waals surface area (Å²) < 4.78 is 12.7. The zero-order chi connectivity index (χ0) is 14.5. The third kappa shape index (κ3) is 3.67. The molecule has 0 saturated heterocycles. The van der Waals surface area contributed by atoms with Crippen molar-refractivity contribution in [3.63, 3.8) is 0 Å². The first-order valence-corrected chi connectivity index (χ1v) is 7.00.